The molecule has 0 aromatic carbocycles. The van der Waals surface area contributed by atoms with Crippen molar-refractivity contribution in [2.45, 2.75) is 25.3 Å². The lowest BCUT2D eigenvalue weighted by molar-refractivity contribution is 0.716. The van der Waals surface area contributed by atoms with Gasteiger partial charge in [-0.3, -0.25) is 4.99 Å². The van der Waals surface area contributed by atoms with Crippen LogP contribution < -0.4 is 5.73 Å². The summed E-state index contributed by atoms with van der Waals surface area (Å²) in [5, 5.41) is 0. The van der Waals surface area contributed by atoms with E-state index in [-0.39, 0.29) is 0 Å². The Balaban J connectivity index is 2.29. The van der Waals surface area contributed by atoms with Crippen molar-refractivity contribution < 1.29 is 0 Å². The Bertz CT molecular complexity index is 139. The van der Waals surface area contributed by atoms with Gasteiger partial charge in [0, 0.05) is 5.92 Å². The zero-order chi connectivity index (χ0) is 5.56. The lowest BCUT2D eigenvalue weighted by atomic mass is 10.1. The first-order valence-corrected chi connectivity index (χ1v) is 3.19. The van der Waals surface area contributed by atoms with Crippen LogP contribution in [0, 0.1) is 5.92 Å². The summed E-state index contributed by atoms with van der Waals surface area (Å²) in [6, 6.07) is 0.611. The van der Waals surface area contributed by atoms with Crippen molar-refractivity contribution in [1.82, 2.24) is 0 Å². The van der Waals surface area contributed by atoms with Gasteiger partial charge in [-0.15, -0.1) is 0 Å². The number of hydrogen-bond donors (Lipinski definition) is 1. The fourth-order valence-corrected chi connectivity index (χ4v) is 1.66. The highest BCUT2D eigenvalue weighted by molar-refractivity contribution is 5.85. The predicted octanol–water partition coefficient (Wildman–Crippen LogP) is 0.526. The maximum atomic E-state index is 5.57. The second-order valence-corrected chi connectivity index (χ2v) is 2.72. The first kappa shape index (κ1) is 4.36. The number of hydrogen-bond acceptors (Lipinski definition) is 2. The van der Waals surface area contributed by atoms with Gasteiger partial charge < -0.3 is 5.73 Å². The molecule has 8 heavy (non-hydrogen) atoms. The van der Waals surface area contributed by atoms with Crippen LogP contribution >= 0.6 is 0 Å². The van der Waals surface area contributed by atoms with Gasteiger partial charge in [0.15, 0.2) is 0 Å². The molecule has 2 nitrogen and oxygen atoms in total. The summed E-state index contributed by atoms with van der Waals surface area (Å²) >= 11 is 0. The molecule has 2 aliphatic rings. The van der Waals surface area contributed by atoms with Crippen LogP contribution in [0.15, 0.2) is 4.99 Å². The molecular formula is C6H10N2. The molecule has 0 saturated heterocycles. The molecule has 0 spiro atoms. The molecule has 2 N–H and O–H groups in total. The molecule has 44 valence electrons. The molecule has 1 saturated carbocycles. The second kappa shape index (κ2) is 1.24. The van der Waals surface area contributed by atoms with E-state index in [1.807, 2.05) is 0 Å². The monoisotopic (exact) mass is 110 g/mol. The first-order valence-electron chi connectivity index (χ1n) is 3.19. The smallest absolute Gasteiger partial charge is 0.0972 e. The van der Waals surface area contributed by atoms with Gasteiger partial charge in [0.25, 0.3) is 0 Å². The standard InChI is InChI=1S/C6H10N2/c7-6-4-1-2-5(3-4)8-6/h4-5H,1-3H2,(H2,7,8). The summed E-state index contributed by atoms with van der Waals surface area (Å²) in [5.74, 6) is 1.58. The van der Waals surface area contributed by atoms with Crippen molar-refractivity contribution in [2.75, 3.05) is 0 Å². The van der Waals surface area contributed by atoms with Gasteiger partial charge in [-0.05, 0) is 19.3 Å². The van der Waals surface area contributed by atoms with Crippen LogP contribution in [0.1, 0.15) is 19.3 Å². The lowest BCUT2D eigenvalue weighted by Gasteiger charge is -2.04. The Labute approximate surface area is 48.8 Å². The SMILES string of the molecule is NC1=NC2CCC1C2. The minimum Gasteiger partial charge on any atom is -0.387 e. The summed E-state index contributed by atoms with van der Waals surface area (Å²) < 4.78 is 0. The molecule has 2 bridgehead atoms. The topological polar surface area (TPSA) is 38.4 Å². The van der Waals surface area contributed by atoms with Crippen molar-refractivity contribution >= 4 is 5.84 Å². The van der Waals surface area contributed by atoms with Crippen molar-refractivity contribution in [3.63, 3.8) is 0 Å². The van der Waals surface area contributed by atoms with Crippen molar-refractivity contribution in [1.29, 1.82) is 0 Å². The van der Waals surface area contributed by atoms with Gasteiger partial charge in [-0.25, -0.2) is 0 Å². The predicted molar refractivity (Wildman–Crippen MR) is 32.8 cm³/mol. The summed E-state index contributed by atoms with van der Waals surface area (Å²) in [7, 11) is 0. The van der Waals surface area contributed by atoms with Crippen LogP contribution in [0.4, 0.5) is 0 Å². The van der Waals surface area contributed by atoms with Gasteiger partial charge in [0.2, 0.25) is 0 Å². The van der Waals surface area contributed by atoms with E-state index in [0.29, 0.717) is 12.0 Å². The van der Waals surface area contributed by atoms with Gasteiger partial charge in [0.05, 0.1) is 11.9 Å². The van der Waals surface area contributed by atoms with E-state index < -0.39 is 0 Å². The van der Waals surface area contributed by atoms with Crippen LogP contribution in [-0.4, -0.2) is 11.9 Å². The van der Waals surface area contributed by atoms with E-state index in [1.165, 1.54) is 19.3 Å². The van der Waals surface area contributed by atoms with E-state index in [9.17, 15) is 0 Å². The van der Waals surface area contributed by atoms with Crippen LogP contribution in [0.3, 0.4) is 0 Å². The molecule has 2 heteroatoms. The van der Waals surface area contributed by atoms with Gasteiger partial charge >= 0.3 is 0 Å². The van der Waals surface area contributed by atoms with E-state index in [2.05, 4.69) is 4.99 Å². The number of fused-ring (bicyclic) bond motifs is 2. The summed E-state index contributed by atoms with van der Waals surface area (Å²) in [5.41, 5.74) is 5.57. The minimum atomic E-state index is 0.611. The summed E-state index contributed by atoms with van der Waals surface area (Å²) in [6.45, 7) is 0. The van der Waals surface area contributed by atoms with Crippen LogP contribution in [0.5, 0.6) is 0 Å². The number of amidine groups is 1. The van der Waals surface area contributed by atoms with Crippen molar-refractivity contribution in [3.8, 4) is 0 Å². The lowest BCUT2D eigenvalue weighted by Crippen LogP contribution is -2.19. The largest absolute Gasteiger partial charge is 0.387 e. The molecule has 0 aromatic rings. The third-order valence-corrected chi connectivity index (χ3v) is 2.15. The zero-order valence-electron chi connectivity index (χ0n) is 4.80. The van der Waals surface area contributed by atoms with Crippen LogP contribution in [0.25, 0.3) is 0 Å². The number of aliphatic imine (C=N–C) groups is 1. The molecule has 0 aromatic heterocycles. The zero-order valence-corrected chi connectivity index (χ0v) is 4.80. The average Bonchev–Trinajstić information content (AvgIpc) is 2.23. The third-order valence-electron chi connectivity index (χ3n) is 2.15. The Morgan fingerprint density at radius 2 is 2.38 bits per heavy atom. The normalized spacial score (nSPS) is 42.8. The molecule has 2 unspecified atom stereocenters. The number of nitrogens with two attached hydrogens (primary N) is 1. The Morgan fingerprint density at radius 3 is 2.62 bits per heavy atom. The highest BCUT2D eigenvalue weighted by Crippen LogP contribution is 2.33. The summed E-state index contributed by atoms with van der Waals surface area (Å²) in [4.78, 5) is 4.25. The average molecular weight is 110 g/mol. The Hall–Kier alpha value is -0.530. The highest BCUT2D eigenvalue weighted by atomic mass is 15.0. The van der Waals surface area contributed by atoms with Crippen LogP contribution in [0.2, 0.25) is 0 Å². The molecule has 2 atom stereocenters. The third kappa shape index (κ3) is 0.403. The summed E-state index contributed by atoms with van der Waals surface area (Å²) in [6.07, 6.45) is 3.82. The molecule has 1 aliphatic heterocycles. The number of rotatable bonds is 0. The molecule has 1 aliphatic carbocycles. The highest BCUT2D eigenvalue weighted by Gasteiger charge is 2.32. The van der Waals surface area contributed by atoms with Crippen LogP contribution in [-0.2, 0) is 0 Å². The van der Waals surface area contributed by atoms with Gasteiger partial charge in [-0.1, -0.05) is 0 Å². The number of nitrogens with zero attached hydrogens (tertiary/aromatic N) is 1. The fraction of sp³-hybridized carbons (Fsp3) is 0.833. The minimum absolute atomic E-state index is 0.611. The molecule has 1 fully saturated rings. The van der Waals surface area contributed by atoms with Gasteiger partial charge in [-0.2, -0.15) is 0 Å². The van der Waals surface area contributed by atoms with E-state index in [0.717, 1.165) is 5.84 Å². The molecule has 1 heterocycles. The Morgan fingerprint density at radius 1 is 1.50 bits per heavy atom. The molecular weight excluding hydrogens is 100 g/mol. The van der Waals surface area contributed by atoms with E-state index in [4.69, 9.17) is 5.73 Å². The maximum absolute atomic E-state index is 5.57. The van der Waals surface area contributed by atoms with Gasteiger partial charge in [0.1, 0.15) is 0 Å². The van der Waals surface area contributed by atoms with E-state index in [1.54, 1.807) is 0 Å². The Kier molecular flexibility index (Phi) is 0.678. The van der Waals surface area contributed by atoms with E-state index >= 15 is 0 Å². The second-order valence-electron chi connectivity index (χ2n) is 2.72. The maximum Gasteiger partial charge on any atom is 0.0972 e. The molecule has 0 amide bonds. The molecule has 2 rings (SSSR count). The molecule has 0 radical (unpaired) electrons. The quantitative estimate of drug-likeness (QED) is 0.485. The first-order chi connectivity index (χ1) is 3.86. The van der Waals surface area contributed by atoms with Crippen molar-refractivity contribution in [2.24, 2.45) is 16.6 Å². The van der Waals surface area contributed by atoms with Crippen molar-refractivity contribution in [3.05, 3.63) is 0 Å². The fourth-order valence-electron chi connectivity index (χ4n) is 1.66.